The molecule has 1 spiro atoms. The molecule has 0 bridgehead atoms. The molecule has 2 aliphatic heterocycles. The number of hydrogen-bond donors (Lipinski definition) is 0. The summed E-state index contributed by atoms with van der Waals surface area (Å²) in [5, 5.41) is 0. The van der Waals surface area contributed by atoms with Crippen molar-refractivity contribution < 1.29 is 18.7 Å². The highest BCUT2D eigenvalue weighted by atomic mass is 16.5. The fourth-order valence-corrected chi connectivity index (χ4v) is 4.24. The lowest BCUT2D eigenvalue weighted by Gasteiger charge is -2.42. The zero-order chi connectivity index (χ0) is 19.7. The molecule has 2 aliphatic rings. The van der Waals surface area contributed by atoms with E-state index in [0.717, 1.165) is 24.3 Å². The number of nitrogens with zero attached hydrogens (tertiary/aromatic N) is 2. The molecule has 0 N–H and O–H groups in total. The van der Waals surface area contributed by atoms with E-state index in [1.165, 1.54) is 0 Å². The highest BCUT2D eigenvalue weighted by molar-refractivity contribution is 5.96. The number of aryl methyl sites for hydroxylation is 2. The van der Waals surface area contributed by atoms with E-state index in [9.17, 15) is 9.59 Å². The fraction of sp³-hybridized carbons (Fsp3) is 0.455. The predicted molar refractivity (Wildman–Crippen MR) is 105 cm³/mol. The van der Waals surface area contributed by atoms with Crippen LogP contribution >= 0.6 is 0 Å². The zero-order valence-corrected chi connectivity index (χ0v) is 16.4. The topological polar surface area (TPSA) is 63.0 Å². The molecule has 1 aromatic carbocycles. The monoisotopic (exact) mass is 382 g/mol. The second kappa shape index (κ2) is 7.43. The molecule has 1 aromatic heterocycles. The maximum atomic E-state index is 13.0. The van der Waals surface area contributed by atoms with Crippen molar-refractivity contribution in [1.82, 2.24) is 4.90 Å². The highest BCUT2D eigenvalue weighted by Gasteiger charge is 2.42. The average molecular weight is 382 g/mol. The fourth-order valence-electron chi connectivity index (χ4n) is 4.24. The summed E-state index contributed by atoms with van der Waals surface area (Å²) in [5.41, 5.74) is 1.14. The molecular weight excluding hydrogens is 356 g/mol. The van der Waals surface area contributed by atoms with Crippen LogP contribution in [0.2, 0.25) is 0 Å². The lowest BCUT2D eigenvalue weighted by molar-refractivity contribution is -0.140. The first-order valence-corrected chi connectivity index (χ1v) is 9.83. The molecule has 2 fully saturated rings. The van der Waals surface area contributed by atoms with Gasteiger partial charge in [-0.2, -0.15) is 0 Å². The molecule has 0 radical (unpaired) electrons. The summed E-state index contributed by atoms with van der Waals surface area (Å²) in [6.07, 6.45) is 2.39. The normalized spacial score (nSPS) is 23.1. The van der Waals surface area contributed by atoms with Crippen LogP contribution in [0.25, 0.3) is 0 Å². The Bertz CT molecular complexity index is 876. The summed E-state index contributed by atoms with van der Waals surface area (Å²) in [5.74, 6) is 1.41. The van der Waals surface area contributed by atoms with Gasteiger partial charge in [0.1, 0.15) is 18.1 Å². The van der Waals surface area contributed by atoms with E-state index < -0.39 is 5.60 Å². The molecule has 6 heteroatoms. The van der Waals surface area contributed by atoms with Crippen LogP contribution in [0.3, 0.4) is 0 Å². The number of benzene rings is 1. The van der Waals surface area contributed by atoms with Crippen molar-refractivity contribution >= 4 is 17.5 Å². The molecule has 1 atom stereocenters. The molecule has 2 amide bonds. The number of amides is 2. The van der Waals surface area contributed by atoms with Gasteiger partial charge < -0.3 is 19.0 Å². The van der Waals surface area contributed by atoms with Crippen LogP contribution in [0.4, 0.5) is 5.69 Å². The van der Waals surface area contributed by atoms with Gasteiger partial charge in [-0.25, -0.2) is 0 Å². The van der Waals surface area contributed by atoms with Gasteiger partial charge in [-0.1, -0.05) is 18.2 Å². The van der Waals surface area contributed by atoms with Gasteiger partial charge in [-0.05, 0) is 51.3 Å². The minimum atomic E-state index is -0.403. The number of carbonyl (C=O) groups is 2. The van der Waals surface area contributed by atoms with Crippen LogP contribution in [-0.2, 0) is 9.53 Å². The van der Waals surface area contributed by atoms with E-state index in [2.05, 4.69) is 0 Å². The maximum Gasteiger partial charge on any atom is 0.257 e. The highest BCUT2D eigenvalue weighted by Crippen LogP contribution is 2.33. The minimum absolute atomic E-state index is 0.0122. The zero-order valence-electron chi connectivity index (χ0n) is 16.4. The van der Waals surface area contributed by atoms with E-state index in [4.69, 9.17) is 9.15 Å². The molecule has 4 rings (SSSR count). The SMILES string of the molecule is Cc1cc(C(=O)N2CCCC3(CC2)CN(c2ccccc2)C(=O)CO3)c(C)o1. The summed E-state index contributed by atoms with van der Waals surface area (Å²) in [4.78, 5) is 29.1. The summed E-state index contributed by atoms with van der Waals surface area (Å²) in [6.45, 7) is 5.59. The van der Waals surface area contributed by atoms with E-state index in [1.807, 2.05) is 60.0 Å². The number of rotatable bonds is 2. The average Bonchev–Trinajstić information content (AvgIpc) is 2.91. The first-order valence-electron chi connectivity index (χ1n) is 9.83. The summed E-state index contributed by atoms with van der Waals surface area (Å²) in [6, 6.07) is 11.5. The van der Waals surface area contributed by atoms with E-state index >= 15 is 0 Å². The molecule has 28 heavy (non-hydrogen) atoms. The van der Waals surface area contributed by atoms with Crippen molar-refractivity contribution in [2.24, 2.45) is 0 Å². The van der Waals surface area contributed by atoms with Crippen molar-refractivity contribution in [3.8, 4) is 0 Å². The Kier molecular flexibility index (Phi) is 4.98. The van der Waals surface area contributed by atoms with Crippen LogP contribution in [0.15, 0.2) is 40.8 Å². The van der Waals surface area contributed by atoms with Gasteiger partial charge in [-0.3, -0.25) is 9.59 Å². The standard InChI is InChI=1S/C22H26N2O4/c1-16-13-19(17(2)28-16)21(26)23-11-6-9-22(10-12-23)15-24(20(25)14-27-22)18-7-4-3-5-8-18/h3-5,7-8,13H,6,9-12,14-15H2,1-2H3. The lowest BCUT2D eigenvalue weighted by Crippen LogP contribution is -2.55. The molecule has 0 aliphatic carbocycles. The van der Waals surface area contributed by atoms with Gasteiger partial charge >= 0.3 is 0 Å². The summed E-state index contributed by atoms with van der Waals surface area (Å²) >= 11 is 0. The molecule has 148 valence electrons. The Morgan fingerprint density at radius 3 is 2.61 bits per heavy atom. The Labute approximate surface area is 165 Å². The molecule has 1 unspecified atom stereocenters. The van der Waals surface area contributed by atoms with Crippen molar-refractivity contribution in [1.29, 1.82) is 0 Å². The molecule has 0 saturated carbocycles. The molecule has 3 heterocycles. The van der Waals surface area contributed by atoms with Crippen LogP contribution in [0.1, 0.15) is 41.1 Å². The predicted octanol–water partition coefficient (Wildman–Crippen LogP) is 3.32. The van der Waals surface area contributed by atoms with Crippen LogP contribution in [0, 0.1) is 13.8 Å². The van der Waals surface area contributed by atoms with Crippen molar-refractivity contribution in [3.05, 3.63) is 53.5 Å². The molecular formula is C22H26N2O4. The lowest BCUT2D eigenvalue weighted by atomic mass is 9.92. The second-order valence-electron chi connectivity index (χ2n) is 7.76. The minimum Gasteiger partial charge on any atom is -0.466 e. The number of ether oxygens (including phenoxy) is 1. The number of morpholine rings is 1. The van der Waals surface area contributed by atoms with Gasteiger partial charge in [0.05, 0.1) is 17.7 Å². The van der Waals surface area contributed by atoms with E-state index in [1.54, 1.807) is 0 Å². The summed E-state index contributed by atoms with van der Waals surface area (Å²) in [7, 11) is 0. The van der Waals surface area contributed by atoms with Gasteiger partial charge in [0, 0.05) is 18.8 Å². The third-order valence-corrected chi connectivity index (χ3v) is 5.77. The second-order valence-corrected chi connectivity index (χ2v) is 7.76. The third-order valence-electron chi connectivity index (χ3n) is 5.77. The molecule has 6 nitrogen and oxygen atoms in total. The van der Waals surface area contributed by atoms with Crippen LogP contribution in [-0.4, -0.2) is 48.6 Å². The smallest absolute Gasteiger partial charge is 0.257 e. The number of furan rings is 1. The number of likely N-dealkylation sites (tertiary alicyclic amines) is 1. The Morgan fingerprint density at radius 2 is 1.89 bits per heavy atom. The van der Waals surface area contributed by atoms with Crippen molar-refractivity contribution in [2.75, 3.05) is 31.1 Å². The van der Waals surface area contributed by atoms with Gasteiger partial charge in [0.2, 0.25) is 0 Å². The number of anilines is 1. The van der Waals surface area contributed by atoms with Gasteiger partial charge in [0.25, 0.3) is 11.8 Å². The molecule has 2 aromatic rings. The number of para-hydroxylation sites is 1. The van der Waals surface area contributed by atoms with Gasteiger partial charge in [-0.15, -0.1) is 0 Å². The van der Waals surface area contributed by atoms with E-state index in [-0.39, 0.29) is 18.4 Å². The van der Waals surface area contributed by atoms with Crippen LogP contribution < -0.4 is 4.90 Å². The van der Waals surface area contributed by atoms with Gasteiger partial charge in [0.15, 0.2) is 0 Å². The third kappa shape index (κ3) is 3.56. The Balaban J connectivity index is 1.49. The molecule has 2 saturated heterocycles. The van der Waals surface area contributed by atoms with Crippen molar-refractivity contribution in [2.45, 2.75) is 38.7 Å². The summed E-state index contributed by atoms with van der Waals surface area (Å²) < 4.78 is 11.6. The first-order chi connectivity index (χ1) is 13.5. The number of hydrogen-bond acceptors (Lipinski definition) is 4. The van der Waals surface area contributed by atoms with Crippen LogP contribution in [0.5, 0.6) is 0 Å². The maximum absolute atomic E-state index is 13.0. The Morgan fingerprint density at radius 1 is 1.11 bits per heavy atom. The Hall–Kier alpha value is -2.60. The number of carbonyl (C=O) groups excluding carboxylic acids is 2. The first kappa shape index (κ1) is 18.7. The largest absolute Gasteiger partial charge is 0.466 e. The van der Waals surface area contributed by atoms with E-state index in [0.29, 0.717) is 37.4 Å². The van der Waals surface area contributed by atoms with Crippen molar-refractivity contribution in [3.63, 3.8) is 0 Å². The quantitative estimate of drug-likeness (QED) is 0.799.